The van der Waals surface area contributed by atoms with Crippen molar-refractivity contribution in [2.75, 3.05) is 12.4 Å². The second kappa shape index (κ2) is 5.59. The molecule has 0 unspecified atom stereocenters. The molecule has 92 valence electrons. The van der Waals surface area contributed by atoms with Gasteiger partial charge in [-0.1, -0.05) is 15.9 Å². The second-order valence-corrected chi connectivity index (χ2v) is 4.45. The minimum atomic E-state index is 0.487. The second-order valence-electron chi connectivity index (χ2n) is 3.53. The van der Waals surface area contributed by atoms with E-state index < -0.39 is 0 Å². The summed E-state index contributed by atoms with van der Waals surface area (Å²) in [7, 11) is 1.67. The number of nitrogens with zero attached hydrogens (tertiary/aromatic N) is 3. The fourth-order valence-corrected chi connectivity index (χ4v) is 1.83. The van der Waals surface area contributed by atoms with E-state index in [9.17, 15) is 0 Å². The van der Waals surface area contributed by atoms with Gasteiger partial charge in [0.05, 0.1) is 11.2 Å². The first-order chi connectivity index (χ1) is 8.72. The first kappa shape index (κ1) is 12.5. The number of nitrogens with two attached hydrogens (primary N) is 1. The Kier molecular flexibility index (Phi) is 3.88. The largest absolute Gasteiger partial charge is 0.403 e. The van der Waals surface area contributed by atoms with E-state index in [0.717, 1.165) is 15.4 Å². The van der Waals surface area contributed by atoms with Crippen LogP contribution in [0.15, 0.2) is 45.8 Å². The van der Waals surface area contributed by atoms with Gasteiger partial charge in [-0.15, -0.1) is 0 Å². The molecule has 0 aliphatic carbocycles. The quantitative estimate of drug-likeness (QED) is 0.853. The third-order valence-corrected chi connectivity index (χ3v) is 2.74. The Morgan fingerprint density at radius 1 is 1.50 bits per heavy atom. The number of allylic oxidation sites excluding steroid dienone is 1. The summed E-state index contributed by atoms with van der Waals surface area (Å²) in [6.07, 6.45) is 4.78. The van der Waals surface area contributed by atoms with E-state index in [-0.39, 0.29) is 0 Å². The van der Waals surface area contributed by atoms with Crippen molar-refractivity contribution in [2.24, 2.45) is 10.7 Å². The lowest BCUT2D eigenvalue weighted by Gasteiger charge is -2.05. The molecule has 0 fully saturated rings. The molecule has 0 aliphatic heterocycles. The monoisotopic (exact) mass is 305 g/mol. The van der Waals surface area contributed by atoms with Gasteiger partial charge in [0, 0.05) is 35.5 Å². The SMILES string of the molecule is CN=CC(=CN)Nc1ncc2cc(Br)ccc2n1. The van der Waals surface area contributed by atoms with Crippen LogP contribution in [0.5, 0.6) is 0 Å². The zero-order chi connectivity index (χ0) is 13.0. The van der Waals surface area contributed by atoms with E-state index >= 15 is 0 Å². The molecule has 0 spiro atoms. The maximum atomic E-state index is 5.46. The number of rotatable bonds is 3. The molecule has 0 aliphatic rings. The summed E-state index contributed by atoms with van der Waals surface area (Å²) in [5.41, 5.74) is 6.97. The van der Waals surface area contributed by atoms with Gasteiger partial charge < -0.3 is 11.1 Å². The van der Waals surface area contributed by atoms with Crippen molar-refractivity contribution >= 4 is 39.0 Å². The Morgan fingerprint density at radius 2 is 2.33 bits per heavy atom. The zero-order valence-electron chi connectivity index (χ0n) is 9.76. The van der Waals surface area contributed by atoms with Gasteiger partial charge in [0.15, 0.2) is 0 Å². The van der Waals surface area contributed by atoms with Gasteiger partial charge in [0.25, 0.3) is 0 Å². The summed E-state index contributed by atoms with van der Waals surface area (Å²) in [6, 6.07) is 5.82. The molecule has 1 aromatic heterocycles. The van der Waals surface area contributed by atoms with Gasteiger partial charge in [-0.05, 0) is 18.2 Å². The fraction of sp³-hybridized carbons (Fsp3) is 0.0833. The number of anilines is 1. The molecular weight excluding hydrogens is 294 g/mol. The minimum absolute atomic E-state index is 0.487. The van der Waals surface area contributed by atoms with Crippen LogP contribution in [0.2, 0.25) is 0 Å². The van der Waals surface area contributed by atoms with Crippen LogP contribution in [0.25, 0.3) is 10.9 Å². The summed E-state index contributed by atoms with van der Waals surface area (Å²) < 4.78 is 1.000. The van der Waals surface area contributed by atoms with Crippen molar-refractivity contribution in [1.82, 2.24) is 9.97 Å². The molecule has 2 aromatic rings. The summed E-state index contributed by atoms with van der Waals surface area (Å²) >= 11 is 3.41. The van der Waals surface area contributed by atoms with Gasteiger partial charge in [-0.3, -0.25) is 4.99 Å². The molecule has 1 aromatic carbocycles. The number of nitrogens with one attached hydrogen (secondary N) is 1. The molecule has 0 saturated carbocycles. The Balaban J connectivity index is 2.33. The molecule has 0 atom stereocenters. The van der Waals surface area contributed by atoms with Crippen molar-refractivity contribution in [1.29, 1.82) is 0 Å². The van der Waals surface area contributed by atoms with E-state index in [1.165, 1.54) is 6.20 Å². The number of fused-ring (bicyclic) bond motifs is 1. The van der Waals surface area contributed by atoms with E-state index in [2.05, 4.69) is 36.2 Å². The lowest BCUT2D eigenvalue weighted by molar-refractivity contribution is 1.20. The molecule has 0 saturated heterocycles. The third kappa shape index (κ3) is 2.84. The lowest BCUT2D eigenvalue weighted by atomic mass is 10.2. The van der Waals surface area contributed by atoms with Gasteiger partial charge in [0.2, 0.25) is 5.95 Å². The Morgan fingerprint density at radius 3 is 3.06 bits per heavy atom. The van der Waals surface area contributed by atoms with Crippen LogP contribution in [-0.4, -0.2) is 23.2 Å². The van der Waals surface area contributed by atoms with Crippen LogP contribution in [0.3, 0.4) is 0 Å². The zero-order valence-corrected chi connectivity index (χ0v) is 11.3. The van der Waals surface area contributed by atoms with Crippen LogP contribution in [-0.2, 0) is 0 Å². The number of hydrogen-bond donors (Lipinski definition) is 2. The van der Waals surface area contributed by atoms with Crippen molar-refractivity contribution in [3.05, 3.63) is 40.8 Å². The highest BCUT2D eigenvalue weighted by molar-refractivity contribution is 9.10. The van der Waals surface area contributed by atoms with Crippen molar-refractivity contribution in [2.45, 2.75) is 0 Å². The standard InChI is InChI=1S/C12H12BrN5/c1-15-7-10(5-14)17-12-16-6-8-4-9(13)2-3-11(8)18-12/h2-7H,14H2,1H3,(H,16,17,18). The number of benzene rings is 1. The van der Waals surface area contributed by atoms with E-state index in [0.29, 0.717) is 11.6 Å². The molecule has 1 heterocycles. The van der Waals surface area contributed by atoms with Crippen molar-refractivity contribution < 1.29 is 0 Å². The molecule has 2 rings (SSSR count). The summed E-state index contributed by atoms with van der Waals surface area (Å²) in [5, 5.41) is 3.96. The van der Waals surface area contributed by atoms with E-state index in [1.807, 2.05) is 18.2 Å². The fourth-order valence-electron chi connectivity index (χ4n) is 1.45. The maximum Gasteiger partial charge on any atom is 0.227 e. The number of aliphatic imine (C=N–C) groups is 1. The van der Waals surface area contributed by atoms with Crippen molar-refractivity contribution in [3.63, 3.8) is 0 Å². The Bertz CT molecular complexity index is 621. The highest BCUT2D eigenvalue weighted by Crippen LogP contribution is 2.18. The highest BCUT2D eigenvalue weighted by atomic mass is 79.9. The number of halogens is 1. The predicted molar refractivity (Wildman–Crippen MR) is 77.5 cm³/mol. The summed E-state index contributed by atoms with van der Waals surface area (Å²) in [4.78, 5) is 12.5. The molecule has 0 bridgehead atoms. The molecular formula is C12H12BrN5. The number of hydrogen-bond acceptors (Lipinski definition) is 5. The van der Waals surface area contributed by atoms with E-state index in [4.69, 9.17) is 5.73 Å². The van der Waals surface area contributed by atoms with E-state index in [1.54, 1.807) is 19.5 Å². The third-order valence-electron chi connectivity index (χ3n) is 2.25. The molecule has 6 heteroatoms. The molecule has 3 N–H and O–H groups in total. The Labute approximate surface area is 113 Å². The first-order valence-electron chi connectivity index (χ1n) is 5.26. The Hall–Kier alpha value is -1.95. The van der Waals surface area contributed by atoms with Crippen LogP contribution in [0, 0.1) is 0 Å². The molecule has 18 heavy (non-hydrogen) atoms. The van der Waals surface area contributed by atoms with Crippen LogP contribution >= 0.6 is 15.9 Å². The van der Waals surface area contributed by atoms with Gasteiger partial charge >= 0.3 is 0 Å². The predicted octanol–water partition coefficient (Wildman–Crippen LogP) is 2.30. The normalized spacial score (nSPS) is 12.2. The van der Waals surface area contributed by atoms with Gasteiger partial charge in [-0.2, -0.15) is 0 Å². The average molecular weight is 306 g/mol. The maximum absolute atomic E-state index is 5.46. The number of aromatic nitrogens is 2. The van der Waals surface area contributed by atoms with Crippen LogP contribution < -0.4 is 11.1 Å². The van der Waals surface area contributed by atoms with Crippen LogP contribution in [0.4, 0.5) is 5.95 Å². The summed E-state index contributed by atoms with van der Waals surface area (Å²) in [5.74, 6) is 0.487. The lowest BCUT2D eigenvalue weighted by Crippen LogP contribution is -2.06. The topological polar surface area (TPSA) is 76.2 Å². The smallest absolute Gasteiger partial charge is 0.227 e. The molecule has 5 nitrogen and oxygen atoms in total. The van der Waals surface area contributed by atoms with Gasteiger partial charge in [0.1, 0.15) is 0 Å². The summed E-state index contributed by atoms with van der Waals surface area (Å²) in [6.45, 7) is 0. The van der Waals surface area contributed by atoms with Crippen molar-refractivity contribution in [3.8, 4) is 0 Å². The molecule has 0 radical (unpaired) electrons. The average Bonchev–Trinajstić information content (AvgIpc) is 2.38. The van der Waals surface area contributed by atoms with Crippen LogP contribution in [0.1, 0.15) is 0 Å². The minimum Gasteiger partial charge on any atom is -0.403 e. The first-order valence-corrected chi connectivity index (χ1v) is 6.05. The highest BCUT2D eigenvalue weighted by Gasteiger charge is 2.01. The van der Waals surface area contributed by atoms with Gasteiger partial charge in [-0.25, -0.2) is 9.97 Å². The molecule has 0 amide bonds.